The van der Waals surface area contributed by atoms with E-state index < -0.39 is 30.1 Å². The second-order valence-electron chi connectivity index (χ2n) is 6.23. The predicted molar refractivity (Wildman–Crippen MR) is 89.5 cm³/mol. The van der Waals surface area contributed by atoms with E-state index in [0.717, 1.165) is 11.1 Å². The zero-order valence-electron chi connectivity index (χ0n) is 13.8. The van der Waals surface area contributed by atoms with Crippen LogP contribution in [0.2, 0.25) is 0 Å². The van der Waals surface area contributed by atoms with Crippen LogP contribution in [0, 0.1) is 0 Å². The van der Waals surface area contributed by atoms with E-state index in [0.29, 0.717) is 24.0 Å². The molecule has 0 bridgehead atoms. The molecule has 1 saturated heterocycles. The van der Waals surface area contributed by atoms with Crippen molar-refractivity contribution in [2.75, 3.05) is 6.61 Å². The zero-order chi connectivity index (χ0) is 18.1. The third-order valence-corrected chi connectivity index (χ3v) is 4.52. The van der Waals surface area contributed by atoms with Gasteiger partial charge < -0.3 is 14.2 Å². The number of rotatable bonds is 3. The van der Waals surface area contributed by atoms with Crippen LogP contribution >= 0.6 is 0 Å². The minimum absolute atomic E-state index is 0.256. The zero-order valence-corrected chi connectivity index (χ0v) is 13.8. The predicted octanol–water partition coefficient (Wildman–Crippen LogP) is 2.61. The molecule has 26 heavy (non-hydrogen) atoms. The lowest BCUT2D eigenvalue weighted by Gasteiger charge is -2.25. The van der Waals surface area contributed by atoms with Crippen LogP contribution in [0.5, 0.6) is 0 Å². The molecule has 2 aliphatic rings. The fourth-order valence-corrected chi connectivity index (χ4v) is 3.16. The molecule has 2 aromatic carbocycles. The van der Waals surface area contributed by atoms with Crippen LogP contribution in [0.4, 0.5) is 0 Å². The smallest absolute Gasteiger partial charge is 0.347 e. The Morgan fingerprint density at radius 1 is 1.08 bits per heavy atom. The third-order valence-electron chi connectivity index (χ3n) is 4.52. The van der Waals surface area contributed by atoms with E-state index >= 15 is 0 Å². The van der Waals surface area contributed by atoms with Gasteiger partial charge in [0.15, 0.2) is 0 Å². The van der Waals surface area contributed by atoms with E-state index in [2.05, 4.69) is 0 Å². The highest BCUT2D eigenvalue weighted by atomic mass is 16.6. The number of hydrogen-bond acceptors (Lipinski definition) is 6. The van der Waals surface area contributed by atoms with E-state index in [-0.39, 0.29) is 6.61 Å². The van der Waals surface area contributed by atoms with Crippen molar-refractivity contribution in [3.05, 3.63) is 70.8 Å². The van der Waals surface area contributed by atoms with Crippen molar-refractivity contribution in [3.63, 3.8) is 0 Å². The van der Waals surface area contributed by atoms with Crippen molar-refractivity contribution in [2.45, 2.75) is 25.0 Å². The van der Waals surface area contributed by atoms with Gasteiger partial charge in [0.05, 0.1) is 17.7 Å². The summed E-state index contributed by atoms with van der Waals surface area (Å²) in [6, 6.07) is 14.1. The maximum absolute atomic E-state index is 12.3. The van der Waals surface area contributed by atoms with Crippen molar-refractivity contribution < 1.29 is 28.6 Å². The second-order valence-corrected chi connectivity index (χ2v) is 6.23. The van der Waals surface area contributed by atoms with Gasteiger partial charge in [-0.3, -0.25) is 0 Å². The molecule has 2 heterocycles. The highest BCUT2D eigenvalue weighted by Gasteiger charge is 2.32. The lowest BCUT2D eigenvalue weighted by atomic mass is 9.93. The SMILES string of the molecule is O=C(OC1CCOC1=O)c1ccc2c(c1)CC(c1ccccc1)OC2=O. The Morgan fingerprint density at radius 2 is 1.88 bits per heavy atom. The summed E-state index contributed by atoms with van der Waals surface area (Å²) < 4.78 is 15.5. The van der Waals surface area contributed by atoms with E-state index in [4.69, 9.17) is 14.2 Å². The molecule has 1 fully saturated rings. The van der Waals surface area contributed by atoms with E-state index in [1.54, 1.807) is 12.1 Å². The van der Waals surface area contributed by atoms with Crippen LogP contribution in [0.25, 0.3) is 0 Å². The molecule has 0 spiro atoms. The van der Waals surface area contributed by atoms with E-state index in [9.17, 15) is 14.4 Å². The summed E-state index contributed by atoms with van der Waals surface area (Å²) in [4.78, 5) is 36.0. The number of hydrogen-bond donors (Lipinski definition) is 0. The van der Waals surface area contributed by atoms with Crippen LogP contribution in [0.15, 0.2) is 48.5 Å². The topological polar surface area (TPSA) is 78.9 Å². The number of fused-ring (bicyclic) bond motifs is 1. The monoisotopic (exact) mass is 352 g/mol. The first-order valence-electron chi connectivity index (χ1n) is 8.38. The quantitative estimate of drug-likeness (QED) is 0.624. The van der Waals surface area contributed by atoms with Gasteiger partial charge in [0.2, 0.25) is 6.10 Å². The molecule has 0 radical (unpaired) electrons. The van der Waals surface area contributed by atoms with E-state index in [1.807, 2.05) is 30.3 Å². The summed E-state index contributed by atoms with van der Waals surface area (Å²) >= 11 is 0. The summed E-state index contributed by atoms with van der Waals surface area (Å²) in [6.07, 6.45) is -0.428. The van der Waals surface area contributed by atoms with Gasteiger partial charge >= 0.3 is 17.9 Å². The van der Waals surface area contributed by atoms with E-state index in [1.165, 1.54) is 6.07 Å². The third kappa shape index (κ3) is 3.06. The highest BCUT2D eigenvalue weighted by molar-refractivity contribution is 5.96. The molecule has 2 unspecified atom stereocenters. The molecule has 2 aromatic rings. The minimum atomic E-state index is -0.861. The van der Waals surface area contributed by atoms with Gasteiger partial charge in [-0.2, -0.15) is 0 Å². The molecular weight excluding hydrogens is 336 g/mol. The number of esters is 3. The van der Waals surface area contributed by atoms with Crippen molar-refractivity contribution in [1.29, 1.82) is 0 Å². The summed E-state index contributed by atoms with van der Waals surface area (Å²) in [6.45, 7) is 0.256. The first-order valence-corrected chi connectivity index (χ1v) is 8.38. The lowest BCUT2D eigenvalue weighted by molar-refractivity contribution is -0.145. The normalized spacial score (nSPS) is 21.5. The summed E-state index contributed by atoms with van der Waals surface area (Å²) in [5.41, 5.74) is 2.35. The molecule has 0 amide bonds. The van der Waals surface area contributed by atoms with Crippen molar-refractivity contribution in [3.8, 4) is 0 Å². The average molecular weight is 352 g/mol. The van der Waals surface area contributed by atoms with Crippen LogP contribution in [0.1, 0.15) is 44.4 Å². The van der Waals surface area contributed by atoms with Gasteiger partial charge in [-0.05, 0) is 29.3 Å². The number of cyclic esters (lactones) is 2. The Balaban J connectivity index is 1.57. The number of carbonyl (C=O) groups excluding carboxylic acids is 3. The average Bonchev–Trinajstić information content (AvgIpc) is 3.06. The van der Waals surface area contributed by atoms with Gasteiger partial charge in [0, 0.05) is 12.8 Å². The highest BCUT2D eigenvalue weighted by Crippen LogP contribution is 2.31. The molecule has 0 N–H and O–H groups in total. The van der Waals surface area contributed by atoms with Gasteiger partial charge in [-0.15, -0.1) is 0 Å². The van der Waals surface area contributed by atoms with Crippen LogP contribution in [-0.2, 0) is 25.4 Å². The van der Waals surface area contributed by atoms with Crippen molar-refractivity contribution >= 4 is 17.9 Å². The molecule has 0 aromatic heterocycles. The standard InChI is InChI=1S/C20H16O6/c21-18(25-16-8-9-24-20(16)23)13-6-7-15-14(10-13)11-17(26-19(15)22)12-4-2-1-3-5-12/h1-7,10,16-17H,8-9,11H2. The van der Waals surface area contributed by atoms with Crippen LogP contribution in [0.3, 0.4) is 0 Å². The summed E-state index contributed by atoms with van der Waals surface area (Å²) in [5, 5.41) is 0. The van der Waals surface area contributed by atoms with Gasteiger partial charge in [-0.25, -0.2) is 14.4 Å². The molecule has 132 valence electrons. The van der Waals surface area contributed by atoms with Crippen molar-refractivity contribution in [2.24, 2.45) is 0 Å². The summed E-state index contributed by atoms with van der Waals surface area (Å²) in [7, 11) is 0. The molecule has 2 atom stereocenters. The van der Waals surface area contributed by atoms with Gasteiger partial charge in [-0.1, -0.05) is 30.3 Å². The maximum Gasteiger partial charge on any atom is 0.347 e. The molecular formula is C20H16O6. The molecule has 4 rings (SSSR count). The number of benzene rings is 2. The van der Waals surface area contributed by atoms with Crippen LogP contribution in [-0.4, -0.2) is 30.6 Å². The minimum Gasteiger partial charge on any atom is -0.463 e. The molecule has 6 heteroatoms. The maximum atomic E-state index is 12.3. The second kappa shape index (κ2) is 6.63. The molecule has 6 nitrogen and oxygen atoms in total. The Bertz CT molecular complexity index is 873. The Kier molecular flexibility index (Phi) is 4.16. The molecule has 2 aliphatic heterocycles. The Labute approximate surface area is 149 Å². The molecule has 0 saturated carbocycles. The largest absolute Gasteiger partial charge is 0.463 e. The van der Waals surface area contributed by atoms with Gasteiger partial charge in [0.1, 0.15) is 6.10 Å². The Morgan fingerprint density at radius 3 is 2.62 bits per heavy atom. The molecule has 0 aliphatic carbocycles. The fourth-order valence-electron chi connectivity index (χ4n) is 3.16. The van der Waals surface area contributed by atoms with Crippen molar-refractivity contribution in [1.82, 2.24) is 0 Å². The summed E-state index contributed by atoms with van der Waals surface area (Å²) in [5.74, 6) is -1.55. The first-order chi connectivity index (χ1) is 12.6. The lowest BCUT2D eigenvalue weighted by Crippen LogP contribution is -2.24. The first kappa shape index (κ1) is 16.3. The number of ether oxygens (including phenoxy) is 3. The number of carbonyl (C=O) groups is 3. The Hall–Kier alpha value is -3.15. The van der Waals surface area contributed by atoms with Crippen LogP contribution < -0.4 is 0 Å². The fraction of sp³-hybridized carbons (Fsp3) is 0.250. The van der Waals surface area contributed by atoms with Gasteiger partial charge in [0.25, 0.3) is 0 Å².